The van der Waals surface area contributed by atoms with Crippen LogP contribution in [-0.2, 0) is 0 Å². The van der Waals surface area contributed by atoms with Crippen LogP contribution in [0.15, 0.2) is 12.2 Å². The summed E-state index contributed by atoms with van der Waals surface area (Å²) in [7, 11) is 0. The van der Waals surface area contributed by atoms with Crippen LogP contribution in [0.4, 0.5) is 0 Å². The summed E-state index contributed by atoms with van der Waals surface area (Å²) in [6.45, 7) is 9.21. The average Bonchev–Trinajstić information content (AvgIpc) is 2.82. The van der Waals surface area contributed by atoms with Crippen LogP contribution >= 0.6 is 0 Å². The summed E-state index contributed by atoms with van der Waals surface area (Å²) in [4.78, 5) is 0. The fourth-order valence-corrected chi connectivity index (χ4v) is 2.29. The first-order valence-electron chi connectivity index (χ1n) is 6.28. The molecule has 0 bridgehead atoms. The molecule has 0 nitrogen and oxygen atoms in total. The zero-order valence-electron chi connectivity index (χ0n) is 10.3. The van der Waals surface area contributed by atoms with E-state index in [0.717, 1.165) is 23.7 Å². The summed E-state index contributed by atoms with van der Waals surface area (Å²) in [6, 6.07) is 0. The van der Waals surface area contributed by atoms with Crippen molar-refractivity contribution in [2.24, 2.45) is 23.7 Å². The lowest BCUT2D eigenvalue weighted by Gasteiger charge is -2.02. The maximum Gasteiger partial charge on any atom is -0.0290 e. The third-order valence-electron chi connectivity index (χ3n) is 3.30. The maximum absolute atomic E-state index is 2.36. The highest BCUT2D eigenvalue weighted by Crippen LogP contribution is 2.47. The molecule has 14 heavy (non-hydrogen) atoms. The highest BCUT2D eigenvalue weighted by Gasteiger charge is 2.37. The molecule has 0 saturated heterocycles. The molecule has 1 fully saturated rings. The van der Waals surface area contributed by atoms with E-state index in [0.29, 0.717) is 0 Å². The Morgan fingerprint density at radius 1 is 1.21 bits per heavy atom. The van der Waals surface area contributed by atoms with Crippen LogP contribution in [0.5, 0.6) is 0 Å². The van der Waals surface area contributed by atoms with Gasteiger partial charge in [0.25, 0.3) is 0 Å². The molecule has 0 aromatic heterocycles. The van der Waals surface area contributed by atoms with E-state index in [1.807, 2.05) is 0 Å². The van der Waals surface area contributed by atoms with E-state index >= 15 is 0 Å². The minimum Gasteiger partial charge on any atom is -0.0883 e. The number of unbranched alkanes of at least 4 members (excludes halogenated alkanes) is 1. The van der Waals surface area contributed by atoms with Crippen LogP contribution in [0.3, 0.4) is 0 Å². The van der Waals surface area contributed by atoms with Crippen molar-refractivity contribution in [2.45, 2.75) is 53.4 Å². The SMILES string of the molecule is CC(C)/C=C/CCCC1CC1C(C)C. The predicted octanol–water partition coefficient (Wildman–Crippen LogP) is 4.66. The summed E-state index contributed by atoms with van der Waals surface area (Å²) in [5.41, 5.74) is 0. The summed E-state index contributed by atoms with van der Waals surface area (Å²) >= 11 is 0. The van der Waals surface area contributed by atoms with Gasteiger partial charge >= 0.3 is 0 Å². The van der Waals surface area contributed by atoms with Gasteiger partial charge in [-0.3, -0.25) is 0 Å². The lowest BCUT2D eigenvalue weighted by atomic mass is 10.0. The monoisotopic (exact) mass is 194 g/mol. The van der Waals surface area contributed by atoms with Crippen molar-refractivity contribution in [3.05, 3.63) is 12.2 Å². The molecule has 0 aliphatic heterocycles. The van der Waals surface area contributed by atoms with E-state index in [1.54, 1.807) is 0 Å². The third-order valence-corrected chi connectivity index (χ3v) is 3.30. The standard InChI is InChI=1S/C14H26/c1-11(2)8-6-5-7-9-13-10-14(13)12(3)4/h6,8,11-14H,5,7,9-10H2,1-4H3/b8-6+. The van der Waals surface area contributed by atoms with Gasteiger partial charge in [0.05, 0.1) is 0 Å². The smallest absolute Gasteiger partial charge is 0.0290 e. The lowest BCUT2D eigenvalue weighted by Crippen LogP contribution is -1.92. The van der Waals surface area contributed by atoms with E-state index in [2.05, 4.69) is 39.8 Å². The Hall–Kier alpha value is -0.260. The summed E-state index contributed by atoms with van der Waals surface area (Å²) in [5.74, 6) is 3.78. The average molecular weight is 194 g/mol. The van der Waals surface area contributed by atoms with Gasteiger partial charge in [0, 0.05) is 0 Å². The molecule has 2 atom stereocenters. The molecule has 0 heterocycles. The topological polar surface area (TPSA) is 0 Å². The first kappa shape index (κ1) is 11.8. The van der Waals surface area contributed by atoms with E-state index in [-0.39, 0.29) is 0 Å². The Labute approximate surface area is 89.8 Å². The molecule has 0 N–H and O–H groups in total. The van der Waals surface area contributed by atoms with E-state index in [4.69, 9.17) is 0 Å². The van der Waals surface area contributed by atoms with Crippen LogP contribution in [0.1, 0.15) is 53.4 Å². The molecular formula is C14H26. The Morgan fingerprint density at radius 3 is 2.43 bits per heavy atom. The second-order valence-electron chi connectivity index (χ2n) is 5.51. The van der Waals surface area contributed by atoms with Crippen molar-refractivity contribution < 1.29 is 0 Å². The molecule has 1 rings (SSSR count). The first-order valence-corrected chi connectivity index (χ1v) is 6.28. The molecule has 0 radical (unpaired) electrons. The fraction of sp³-hybridized carbons (Fsp3) is 0.857. The Morgan fingerprint density at radius 2 is 1.93 bits per heavy atom. The van der Waals surface area contributed by atoms with Gasteiger partial charge in [0.15, 0.2) is 0 Å². The molecule has 1 aliphatic carbocycles. The van der Waals surface area contributed by atoms with Crippen LogP contribution in [0.2, 0.25) is 0 Å². The van der Waals surface area contributed by atoms with Gasteiger partial charge in [-0.1, -0.05) is 39.8 Å². The largest absolute Gasteiger partial charge is 0.0883 e. The Kier molecular flexibility index (Phi) is 4.71. The summed E-state index contributed by atoms with van der Waals surface area (Å²) < 4.78 is 0. The van der Waals surface area contributed by atoms with E-state index in [1.165, 1.54) is 25.7 Å². The molecule has 0 heteroatoms. The second kappa shape index (κ2) is 5.58. The highest BCUT2D eigenvalue weighted by atomic mass is 14.4. The molecule has 0 aromatic rings. The second-order valence-corrected chi connectivity index (χ2v) is 5.51. The van der Waals surface area contributed by atoms with Gasteiger partial charge in [-0.2, -0.15) is 0 Å². The van der Waals surface area contributed by atoms with Gasteiger partial charge in [-0.25, -0.2) is 0 Å². The normalized spacial score (nSPS) is 26.7. The molecule has 2 unspecified atom stereocenters. The zero-order chi connectivity index (χ0) is 10.6. The van der Waals surface area contributed by atoms with Gasteiger partial charge in [-0.05, 0) is 49.4 Å². The van der Waals surface area contributed by atoms with Gasteiger partial charge in [-0.15, -0.1) is 0 Å². The first-order chi connectivity index (χ1) is 6.61. The summed E-state index contributed by atoms with van der Waals surface area (Å²) in [5, 5.41) is 0. The van der Waals surface area contributed by atoms with Crippen molar-refractivity contribution in [3.8, 4) is 0 Å². The molecule has 0 amide bonds. The number of allylic oxidation sites excluding steroid dienone is 2. The minimum absolute atomic E-state index is 0.722. The van der Waals surface area contributed by atoms with Gasteiger partial charge < -0.3 is 0 Å². The van der Waals surface area contributed by atoms with Gasteiger partial charge in [0.1, 0.15) is 0 Å². The third kappa shape index (κ3) is 4.30. The van der Waals surface area contributed by atoms with Crippen molar-refractivity contribution in [2.75, 3.05) is 0 Å². The van der Waals surface area contributed by atoms with Crippen molar-refractivity contribution >= 4 is 0 Å². The minimum atomic E-state index is 0.722. The fourth-order valence-electron chi connectivity index (χ4n) is 2.29. The highest BCUT2D eigenvalue weighted by molar-refractivity contribution is 4.89. The van der Waals surface area contributed by atoms with E-state index in [9.17, 15) is 0 Å². The van der Waals surface area contributed by atoms with Crippen LogP contribution in [0, 0.1) is 23.7 Å². The molecule has 1 aliphatic rings. The molecule has 1 saturated carbocycles. The van der Waals surface area contributed by atoms with Crippen LogP contribution in [-0.4, -0.2) is 0 Å². The predicted molar refractivity (Wildman–Crippen MR) is 64.3 cm³/mol. The maximum atomic E-state index is 2.36. The molecule has 0 aromatic carbocycles. The Bertz CT molecular complexity index is 176. The number of hydrogen-bond donors (Lipinski definition) is 0. The van der Waals surface area contributed by atoms with Crippen molar-refractivity contribution in [3.63, 3.8) is 0 Å². The number of hydrogen-bond acceptors (Lipinski definition) is 0. The molecule has 82 valence electrons. The molecule has 0 spiro atoms. The van der Waals surface area contributed by atoms with E-state index < -0.39 is 0 Å². The summed E-state index contributed by atoms with van der Waals surface area (Å²) in [6.07, 6.45) is 10.3. The lowest BCUT2D eigenvalue weighted by molar-refractivity contribution is 0.496. The van der Waals surface area contributed by atoms with Crippen LogP contribution < -0.4 is 0 Å². The van der Waals surface area contributed by atoms with Crippen molar-refractivity contribution in [1.29, 1.82) is 0 Å². The quantitative estimate of drug-likeness (QED) is 0.426. The van der Waals surface area contributed by atoms with Gasteiger partial charge in [0.2, 0.25) is 0 Å². The van der Waals surface area contributed by atoms with Crippen LogP contribution in [0.25, 0.3) is 0 Å². The Balaban J connectivity index is 1.96. The zero-order valence-corrected chi connectivity index (χ0v) is 10.3. The number of rotatable bonds is 6. The molecular weight excluding hydrogens is 168 g/mol. The van der Waals surface area contributed by atoms with Crippen molar-refractivity contribution in [1.82, 2.24) is 0 Å².